The number of fused-ring (bicyclic) bond motifs is 1. The van der Waals surface area contributed by atoms with Gasteiger partial charge in [-0.2, -0.15) is 0 Å². The van der Waals surface area contributed by atoms with Gasteiger partial charge in [0, 0.05) is 36.3 Å². The Bertz CT molecular complexity index is 1100. The van der Waals surface area contributed by atoms with Crippen molar-refractivity contribution < 1.29 is 14.0 Å². The van der Waals surface area contributed by atoms with E-state index >= 15 is 0 Å². The smallest absolute Gasteiger partial charge is 0.319 e. The van der Waals surface area contributed by atoms with Crippen LogP contribution in [0.1, 0.15) is 40.1 Å². The van der Waals surface area contributed by atoms with Crippen LogP contribution in [0.25, 0.3) is 11.0 Å². The third-order valence-electron chi connectivity index (χ3n) is 6.02. The summed E-state index contributed by atoms with van der Waals surface area (Å²) in [4.78, 5) is 27.3. The molecule has 0 bridgehead atoms. The van der Waals surface area contributed by atoms with Gasteiger partial charge in [0.15, 0.2) is 5.76 Å². The fourth-order valence-electron chi connectivity index (χ4n) is 4.20. The molecule has 0 aliphatic carbocycles. The maximum Gasteiger partial charge on any atom is 0.319 e. The van der Waals surface area contributed by atoms with E-state index in [-0.39, 0.29) is 17.9 Å². The molecule has 6 heteroatoms. The predicted molar refractivity (Wildman–Crippen MR) is 123 cm³/mol. The zero-order chi connectivity index (χ0) is 22.0. The highest BCUT2D eigenvalue weighted by Gasteiger charge is 2.28. The number of urea groups is 1. The number of rotatable bonds is 4. The molecule has 3 amide bonds. The minimum absolute atomic E-state index is 0.0677. The van der Waals surface area contributed by atoms with Gasteiger partial charge in [0.25, 0.3) is 5.91 Å². The van der Waals surface area contributed by atoms with E-state index < -0.39 is 0 Å². The molecule has 2 N–H and O–H groups in total. The molecule has 1 unspecified atom stereocenters. The van der Waals surface area contributed by atoms with E-state index in [1.165, 1.54) is 0 Å². The minimum atomic E-state index is -0.226. The van der Waals surface area contributed by atoms with Crippen LogP contribution in [0.5, 0.6) is 0 Å². The number of anilines is 1. The number of para-hydroxylation sites is 1. The Morgan fingerprint density at radius 2 is 1.87 bits per heavy atom. The summed E-state index contributed by atoms with van der Waals surface area (Å²) in [6.45, 7) is 7.79. The van der Waals surface area contributed by atoms with Gasteiger partial charge >= 0.3 is 6.03 Å². The first-order valence-corrected chi connectivity index (χ1v) is 10.8. The van der Waals surface area contributed by atoms with Crippen molar-refractivity contribution in [3.8, 4) is 0 Å². The fraction of sp³-hybridized carbons (Fsp3) is 0.360. The Balaban J connectivity index is 1.36. The molecule has 1 aliphatic heterocycles. The molecule has 162 valence electrons. The molecule has 1 atom stereocenters. The number of furan rings is 1. The molecule has 3 aromatic rings. The Hall–Kier alpha value is -3.28. The number of nitrogens with one attached hydrogen (secondary N) is 2. The number of carbonyl (C=O) groups excluding carboxylic acids is 2. The zero-order valence-corrected chi connectivity index (χ0v) is 18.3. The average molecular weight is 420 g/mol. The second-order valence-electron chi connectivity index (χ2n) is 8.47. The molecular formula is C25H29N3O3. The molecule has 1 fully saturated rings. The third kappa shape index (κ3) is 4.58. The van der Waals surface area contributed by atoms with Crippen molar-refractivity contribution in [2.24, 2.45) is 5.92 Å². The lowest BCUT2D eigenvalue weighted by molar-refractivity contribution is 0.0644. The SMILES string of the molecule is Cc1ccc(NC(=O)NCC2CCCN(C(=O)c3oc4c(C)cccc4c3C)C2)cc1. The predicted octanol–water partition coefficient (Wildman–Crippen LogP) is 5.03. The summed E-state index contributed by atoms with van der Waals surface area (Å²) in [6, 6.07) is 13.4. The van der Waals surface area contributed by atoms with Crippen molar-refractivity contribution in [3.05, 3.63) is 64.9 Å². The van der Waals surface area contributed by atoms with Gasteiger partial charge in [0.2, 0.25) is 0 Å². The van der Waals surface area contributed by atoms with E-state index in [0.717, 1.165) is 46.2 Å². The van der Waals surface area contributed by atoms with Crippen molar-refractivity contribution in [1.82, 2.24) is 10.2 Å². The van der Waals surface area contributed by atoms with E-state index in [9.17, 15) is 9.59 Å². The van der Waals surface area contributed by atoms with Crippen LogP contribution in [-0.4, -0.2) is 36.5 Å². The van der Waals surface area contributed by atoms with Crippen LogP contribution in [-0.2, 0) is 0 Å². The molecule has 0 saturated carbocycles. The number of hydrogen-bond acceptors (Lipinski definition) is 3. The number of aryl methyl sites for hydroxylation is 3. The molecular weight excluding hydrogens is 390 g/mol. The molecule has 1 aromatic heterocycles. The monoisotopic (exact) mass is 419 g/mol. The number of amides is 3. The normalized spacial score (nSPS) is 16.4. The van der Waals surface area contributed by atoms with Crippen LogP contribution < -0.4 is 10.6 Å². The summed E-state index contributed by atoms with van der Waals surface area (Å²) < 4.78 is 5.98. The quantitative estimate of drug-likeness (QED) is 0.623. The molecule has 2 heterocycles. The highest BCUT2D eigenvalue weighted by atomic mass is 16.3. The van der Waals surface area contributed by atoms with Crippen LogP contribution in [0, 0.1) is 26.7 Å². The van der Waals surface area contributed by atoms with Crippen LogP contribution in [0.15, 0.2) is 46.9 Å². The average Bonchev–Trinajstić information content (AvgIpc) is 3.11. The van der Waals surface area contributed by atoms with Crippen molar-refractivity contribution in [1.29, 1.82) is 0 Å². The number of carbonyl (C=O) groups is 2. The van der Waals surface area contributed by atoms with E-state index in [2.05, 4.69) is 10.6 Å². The number of piperidine rings is 1. The number of likely N-dealkylation sites (tertiary alicyclic amines) is 1. The molecule has 2 aromatic carbocycles. The minimum Gasteiger partial charge on any atom is -0.450 e. The van der Waals surface area contributed by atoms with Crippen LogP contribution >= 0.6 is 0 Å². The van der Waals surface area contributed by atoms with Gasteiger partial charge in [0.1, 0.15) is 5.58 Å². The third-order valence-corrected chi connectivity index (χ3v) is 6.02. The highest BCUT2D eigenvalue weighted by molar-refractivity contribution is 5.99. The number of benzene rings is 2. The van der Waals surface area contributed by atoms with Gasteiger partial charge in [-0.3, -0.25) is 4.79 Å². The summed E-state index contributed by atoms with van der Waals surface area (Å²) in [7, 11) is 0. The van der Waals surface area contributed by atoms with Gasteiger partial charge in [-0.1, -0.05) is 35.9 Å². The van der Waals surface area contributed by atoms with Crippen molar-refractivity contribution in [3.63, 3.8) is 0 Å². The van der Waals surface area contributed by atoms with E-state index in [1.54, 1.807) is 0 Å². The van der Waals surface area contributed by atoms with Crippen LogP contribution in [0.2, 0.25) is 0 Å². The van der Waals surface area contributed by atoms with E-state index in [0.29, 0.717) is 25.4 Å². The van der Waals surface area contributed by atoms with Gasteiger partial charge in [-0.05, 0) is 57.2 Å². The maximum atomic E-state index is 13.2. The molecule has 0 radical (unpaired) electrons. The van der Waals surface area contributed by atoms with E-state index in [1.807, 2.05) is 68.1 Å². The van der Waals surface area contributed by atoms with Gasteiger partial charge in [0.05, 0.1) is 0 Å². The standard InChI is InChI=1S/C25H29N3O3/c1-16-9-11-20(12-10-16)27-25(30)26-14-19-7-5-13-28(15-19)24(29)23-18(3)21-8-4-6-17(2)22(21)31-23/h4,6,8-12,19H,5,7,13-15H2,1-3H3,(H2,26,27,30). The first-order chi connectivity index (χ1) is 14.9. The lowest BCUT2D eigenvalue weighted by Crippen LogP contribution is -2.44. The summed E-state index contributed by atoms with van der Waals surface area (Å²) in [5, 5.41) is 6.79. The molecule has 31 heavy (non-hydrogen) atoms. The molecule has 6 nitrogen and oxygen atoms in total. The Labute approximate surface area is 182 Å². The zero-order valence-electron chi connectivity index (χ0n) is 18.3. The van der Waals surface area contributed by atoms with Gasteiger partial charge < -0.3 is 20.0 Å². The van der Waals surface area contributed by atoms with Crippen molar-refractivity contribution >= 4 is 28.6 Å². The summed E-state index contributed by atoms with van der Waals surface area (Å²) in [5.41, 5.74) is 4.61. The van der Waals surface area contributed by atoms with Gasteiger partial charge in [-0.15, -0.1) is 0 Å². The second-order valence-corrected chi connectivity index (χ2v) is 8.47. The summed E-state index contributed by atoms with van der Waals surface area (Å²) >= 11 is 0. The summed E-state index contributed by atoms with van der Waals surface area (Å²) in [5.74, 6) is 0.574. The molecule has 1 saturated heterocycles. The Morgan fingerprint density at radius 3 is 2.61 bits per heavy atom. The number of hydrogen-bond donors (Lipinski definition) is 2. The Kier molecular flexibility index (Phi) is 5.98. The first-order valence-electron chi connectivity index (χ1n) is 10.8. The fourth-order valence-corrected chi connectivity index (χ4v) is 4.20. The number of nitrogens with zero attached hydrogens (tertiary/aromatic N) is 1. The first kappa shape index (κ1) is 21.0. The van der Waals surface area contributed by atoms with Crippen LogP contribution in [0.4, 0.5) is 10.5 Å². The topological polar surface area (TPSA) is 74.6 Å². The highest BCUT2D eigenvalue weighted by Crippen LogP contribution is 2.29. The Morgan fingerprint density at radius 1 is 1.10 bits per heavy atom. The lowest BCUT2D eigenvalue weighted by atomic mass is 9.97. The largest absolute Gasteiger partial charge is 0.450 e. The second kappa shape index (κ2) is 8.84. The van der Waals surface area contributed by atoms with Crippen molar-refractivity contribution in [2.75, 3.05) is 25.0 Å². The molecule has 1 aliphatic rings. The van der Waals surface area contributed by atoms with E-state index in [4.69, 9.17) is 4.42 Å². The molecule has 0 spiro atoms. The summed E-state index contributed by atoms with van der Waals surface area (Å²) in [6.07, 6.45) is 1.89. The maximum absolute atomic E-state index is 13.2. The molecule has 4 rings (SSSR count). The lowest BCUT2D eigenvalue weighted by Gasteiger charge is -2.32. The van der Waals surface area contributed by atoms with Crippen LogP contribution in [0.3, 0.4) is 0 Å². The van der Waals surface area contributed by atoms with Gasteiger partial charge in [-0.25, -0.2) is 4.79 Å². The van der Waals surface area contributed by atoms with Crippen molar-refractivity contribution in [2.45, 2.75) is 33.6 Å².